The van der Waals surface area contributed by atoms with Crippen LogP contribution in [0.3, 0.4) is 0 Å². The van der Waals surface area contributed by atoms with Crippen molar-refractivity contribution in [3.63, 3.8) is 0 Å². The van der Waals surface area contributed by atoms with E-state index < -0.39 is 12.0 Å². The van der Waals surface area contributed by atoms with Crippen LogP contribution >= 0.6 is 0 Å². The maximum absolute atomic E-state index is 12.0. The number of carbonyl (C=O) groups excluding carboxylic acids is 1. The SMILES string of the molecule is CC[C@H](C)[C@H](NC(=O)NC1C2C3CCC(C3)C12)C(=O)O. The summed E-state index contributed by atoms with van der Waals surface area (Å²) < 4.78 is 0. The van der Waals surface area contributed by atoms with Crippen LogP contribution < -0.4 is 10.6 Å². The van der Waals surface area contributed by atoms with E-state index in [1.165, 1.54) is 19.3 Å². The van der Waals surface area contributed by atoms with Crippen LogP contribution in [0.2, 0.25) is 0 Å². The predicted octanol–water partition coefficient (Wildman–Crippen LogP) is 1.83. The lowest BCUT2D eigenvalue weighted by Gasteiger charge is -2.21. The van der Waals surface area contributed by atoms with Gasteiger partial charge in [-0.15, -0.1) is 0 Å². The van der Waals surface area contributed by atoms with Gasteiger partial charge in [0.1, 0.15) is 6.04 Å². The molecule has 0 heterocycles. The van der Waals surface area contributed by atoms with Crippen molar-refractivity contribution < 1.29 is 14.7 Å². The Morgan fingerprint density at radius 1 is 1.25 bits per heavy atom. The number of rotatable bonds is 5. The Morgan fingerprint density at radius 3 is 2.35 bits per heavy atom. The van der Waals surface area contributed by atoms with Gasteiger partial charge in [-0.2, -0.15) is 0 Å². The topological polar surface area (TPSA) is 78.4 Å². The van der Waals surface area contributed by atoms with Crippen molar-refractivity contribution in [2.75, 3.05) is 0 Å². The first-order chi connectivity index (χ1) is 9.52. The number of amides is 2. The van der Waals surface area contributed by atoms with Gasteiger partial charge in [0.15, 0.2) is 0 Å². The molecule has 5 nitrogen and oxygen atoms in total. The zero-order valence-electron chi connectivity index (χ0n) is 12.1. The summed E-state index contributed by atoms with van der Waals surface area (Å²) in [4.78, 5) is 23.2. The van der Waals surface area contributed by atoms with E-state index >= 15 is 0 Å². The molecule has 20 heavy (non-hydrogen) atoms. The Kier molecular flexibility index (Phi) is 3.38. The van der Waals surface area contributed by atoms with E-state index in [0.29, 0.717) is 17.9 Å². The molecule has 6 atom stereocenters. The summed E-state index contributed by atoms with van der Waals surface area (Å²) in [6.45, 7) is 3.79. The molecule has 112 valence electrons. The average Bonchev–Trinajstić information content (AvgIpc) is 2.82. The molecule has 0 saturated heterocycles. The van der Waals surface area contributed by atoms with Gasteiger partial charge in [0.25, 0.3) is 0 Å². The molecule has 0 spiro atoms. The van der Waals surface area contributed by atoms with E-state index in [1.807, 2.05) is 13.8 Å². The summed E-state index contributed by atoms with van der Waals surface area (Å²) in [5, 5.41) is 14.8. The number of carboxylic acid groups (broad SMARTS) is 1. The Bertz CT molecular complexity index is 409. The Balaban J connectivity index is 1.52. The summed E-state index contributed by atoms with van der Waals surface area (Å²) in [6.07, 6.45) is 4.71. The van der Waals surface area contributed by atoms with Crippen LogP contribution in [0.15, 0.2) is 0 Å². The zero-order chi connectivity index (χ0) is 14.4. The van der Waals surface area contributed by atoms with Crippen molar-refractivity contribution in [2.45, 2.75) is 51.6 Å². The van der Waals surface area contributed by atoms with Crippen molar-refractivity contribution >= 4 is 12.0 Å². The Labute approximate surface area is 119 Å². The van der Waals surface area contributed by atoms with Gasteiger partial charge in [-0.1, -0.05) is 20.3 Å². The van der Waals surface area contributed by atoms with Crippen molar-refractivity contribution in [1.29, 1.82) is 0 Å². The van der Waals surface area contributed by atoms with Crippen LogP contribution in [0.4, 0.5) is 4.79 Å². The molecule has 0 aliphatic heterocycles. The van der Waals surface area contributed by atoms with Crippen molar-refractivity contribution in [2.24, 2.45) is 29.6 Å². The zero-order valence-corrected chi connectivity index (χ0v) is 12.1. The van der Waals surface area contributed by atoms with Crippen LogP contribution in [0.25, 0.3) is 0 Å². The van der Waals surface area contributed by atoms with E-state index in [2.05, 4.69) is 10.6 Å². The number of nitrogens with one attached hydrogen (secondary N) is 2. The maximum Gasteiger partial charge on any atom is 0.326 e. The minimum absolute atomic E-state index is 0.0619. The van der Waals surface area contributed by atoms with Crippen LogP contribution in [0.1, 0.15) is 39.5 Å². The largest absolute Gasteiger partial charge is 0.480 e. The number of carbonyl (C=O) groups is 2. The molecule has 3 fully saturated rings. The highest BCUT2D eigenvalue weighted by Crippen LogP contribution is 2.65. The number of fused-ring (bicyclic) bond motifs is 5. The summed E-state index contributed by atoms with van der Waals surface area (Å²) in [5.74, 6) is 1.94. The second-order valence-electron chi connectivity index (χ2n) is 6.83. The Hall–Kier alpha value is -1.26. The lowest BCUT2D eigenvalue weighted by molar-refractivity contribution is -0.140. The molecule has 3 rings (SSSR count). The predicted molar refractivity (Wildman–Crippen MR) is 74.1 cm³/mol. The van der Waals surface area contributed by atoms with Crippen molar-refractivity contribution in [3.05, 3.63) is 0 Å². The van der Waals surface area contributed by atoms with Gasteiger partial charge in [-0.05, 0) is 48.9 Å². The monoisotopic (exact) mass is 280 g/mol. The van der Waals surface area contributed by atoms with Crippen LogP contribution in [0.5, 0.6) is 0 Å². The molecule has 5 heteroatoms. The maximum atomic E-state index is 12.0. The van der Waals surface area contributed by atoms with Crippen molar-refractivity contribution in [3.8, 4) is 0 Å². The third kappa shape index (κ3) is 2.17. The van der Waals surface area contributed by atoms with Gasteiger partial charge >= 0.3 is 12.0 Å². The third-order valence-electron chi connectivity index (χ3n) is 5.80. The summed E-state index contributed by atoms with van der Waals surface area (Å²) >= 11 is 0. The molecule has 0 radical (unpaired) electrons. The van der Waals surface area contributed by atoms with Gasteiger partial charge in [0, 0.05) is 6.04 Å². The molecule has 2 bridgehead atoms. The van der Waals surface area contributed by atoms with Crippen LogP contribution in [0, 0.1) is 29.6 Å². The summed E-state index contributed by atoms with van der Waals surface area (Å²) in [6, 6.07) is -0.806. The van der Waals surface area contributed by atoms with Gasteiger partial charge in [-0.3, -0.25) is 0 Å². The van der Waals surface area contributed by atoms with E-state index in [1.54, 1.807) is 0 Å². The van der Waals surface area contributed by atoms with Gasteiger partial charge in [-0.25, -0.2) is 9.59 Å². The highest BCUT2D eigenvalue weighted by Gasteiger charge is 2.65. The van der Waals surface area contributed by atoms with Gasteiger partial charge in [0.2, 0.25) is 0 Å². The fourth-order valence-corrected chi connectivity index (χ4v) is 4.54. The first-order valence-corrected chi connectivity index (χ1v) is 7.82. The highest BCUT2D eigenvalue weighted by atomic mass is 16.4. The van der Waals surface area contributed by atoms with Gasteiger partial charge in [0.05, 0.1) is 0 Å². The molecule has 3 saturated carbocycles. The number of aliphatic carboxylic acids is 1. The fourth-order valence-electron chi connectivity index (χ4n) is 4.54. The minimum atomic E-state index is -0.953. The summed E-state index contributed by atoms with van der Waals surface area (Å²) in [5.41, 5.74) is 0. The molecule has 3 aliphatic rings. The number of hydrogen-bond acceptors (Lipinski definition) is 2. The molecule has 0 aromatic heterocycles. The standard InChI is InChI=1S/C15H24N2O3/c1-3-7(2)12(14(18)19)16-15(20)17-13-10-8-4-5-9(6-8)11(10)13/h7-13H,3-6H2,1-2H3,(H,18,19)(H2,16,17,20)/t7-,8?,9?,10?,11?,12-,13?/m0/s1. The lowest BCUT2D eigenvalue weighted by atomic mass is 9.99. The first kappa shape index (κ1) is 13.7. The second kappa shape index (κ2) is 4.93. The smallest absolute Gasteiger partial charge is 0.326 e. The highest BCUT2D eigenvalue weighted by molar-refractivity contribution is 5.83. The molecular formula is C15H24N2O3. The van der Waals surface area contributed by atoms with Gasteiger partial charge < -0.3 is 15.7 Å². The quantitative estimate of drug-likeness (QED) is 0.719. The van der Waals surface area contributed by atoms with Crippen molar-refractivity contribution in [1.82, 2.24) is 10.6 Å². The molecule has 0 aromatic carbocycles. The molecule has 0 aromatic rings. The molecule has 4 unspecified atom stereocenters. The molecule has 3 aliphatic carbocycles. The van der Waals surface area contributed by atoms with E-state index in [9.17, 15) is 14.7 Å². The second-order valence-corrected chi connectivity index (χ2v) is 6.83. The number of urea groups is 1. The average molecular weight is 280 g/mol. The minimum Gasteiger partial charge on any atom is -0.480 e. The molecule has 3 N–H and O–H groups in total. The summed E-state index contributed by atoms with van der Waals surface area (Å²) in [7, 11) is 0. The number of carboxylic acids is 1. The number of hydrogen-bond donors (Lipinski definition) is 3. The van der Waals surface area contributed by atoms with Crippen LogP contribution in [-0.2, 0) is 4.79 Å². The van der Waals surface area contributed by atoms with Crippen LogP contribution in [-0.4, -0.2) is 29.2 Å². The van der Waals surface area contributed by atoms with E-state index in [-0.39, 0.29) is 11.9 Å². The lowest BCUT2D eigenvalue weighted by Crippen LogP contribution is -2.50. The Morgan fingerprint density at radius 2 is 1.85 bits per heavy atom. The van der Waals surface area contributed by atoms with E-state index in [4.69, 9.17) is 0 Å². The first-order valence-electron chi connectivity index (χ1n) is 7.82. The fraction of sp³-hybridized carbons (Fsp3) is 0.867. The molecular weight excluding hydrogens is 256 g/mol. The normalized spacial score (nSPS) is 39.8. The third-order valence-corrected chi connectivity index (χ3v) is 5.80. The van der Waals surface area contributed by atoms with E-state index in [0.717, 1.165) is 18.3 Å². The molecule has 2 amide bonds.